The van der Waals surface area contributed by atoms with E-state index in [4.69, 9.17) is 18.9 Å². The smallest absolute Gasteiger partial charge is 0.327 e. The third-order valence-electron chi connectivity index (χ3n) is 6.81. The molecule has 4 amide bonds. The number of rotatable bonds is 20. The minimum absolute atomic E-state index is 0.104. The van der Waals surface area contributed by atoms with Crippen molar-refractivity contribution in [3.05, 3.63) is 0 Å². The Morgan fingerprint density at radius 1 is 0.474 bits per heavy atom. The second-order valence-corrected chi connectivity index (χ2v) is 12.2. The van der Waals surface area contributed by atoms with E-state index in [2.05, 4.69) is 55.4 Å². The number of nitrogens with zero attached hydrogens (tertiary/aromatic N) is 4. The lowest BCUT2D eigenvalue weighted by Gasteiger charge is -2.29. The summed E-state index contributed by atoms with van der Waals surface area (Å²) in [4.78, 5) is 33.8. The average molecular weight is 543 g/mol. The van der Waals surface area contributed by atoms with Gasteiger partial charge in [0.1, 0.15) is 26.9 Å². The summed E-state index contributed by atoms with van der Waals surface area (Å²) in [6.07, 6.45) is 2.50. The van der Waals surface area contributed by atoms with Crippen LogP contribution in [0.4, 0.5) is 9.59 Å². The summed E-state index contributed by atoms with van der Waals surface area (Å²) < 4.78 is 23.7. The van der Waals surface area contributed by atoms with Gasteiger partial charge < -0.3 is 18.9 Å². The molecule has 38 heavy (non-hydrogen) atoms. The highest BCUT2D eigenvalue weighted by Crippen LogP contribution is 2.35. The van der Waals surface area contributed by atoms with Gasteiger partial charge in [0.15, 0.2) is 12.3 Å². The highest BCUT2D eigenvalue weighted by molar-refractivity contribution is 5.85. The van der Waals surface area contributed by atoms with Crippen LogP contribution >= 0.6 is 0 Å². The van der Waals surface area contributed by atoms with Crippen LogP contribution in [0.5, 0.6) is 0 Å². The van der Waals surface area contributed by atoms with E-state index in [1.807, 2.05) is 0 Å². The second kappa shape index (κ2) is 16.5. The fourth-order valence-electron chi connectivity index (χ4n) is 4.22. The molecule has 2 rings (SSSR count). The fraction of sp³-hybridized carbons (Fsp3) is 0.929. The van der Waals surface area contributed by atoms with E-state index in [-0.39, 0.29) is 39.0 Å². The lowest BCUT2D eigenvalue weighted by molar-refractivity contribution is -0.0386. The first kappa shape index (κ1) is 32.6. The van der Waals surface area contributed by atoms with Gasteiger partial charge in [0.25, 0.3) is 0 Å². The lowest BCUT2D eigenvalue weighted by Crippen LogP contribution is -2.48. The molecule has 2 heterocycles. The number of hydrogen-bond donors (Lipinski definition) is 0. The number of urea groups is 2. The first-order valence-corrected chi connectivity index (χ1v) is 14.5. The van der Waals surface area contributed by atoms with Crippen molar-refractivity contribution in [1.82, 2.24) is 19.6 Å². The molecule has 0 aliphatic carbocycles. The Balaban J connectivity index is 2.22. The van der Waals surface area contributed by atoms with Gasteiger partial charge in [-0.1, -0.05) is 55.4 Å². The molecular weight excluding hydrogens is 488 g/mol. The Labute approximate surface area is 230 Å². The van der Waals surface area contributed by atoms with E-state index in [1.165, 1.54) is 0 Å². The van der Waals surface area contributed by atoms with Crippen molar-refractivity contribution in [2.45, 2.75) is 93.4 Å². The Hall–Kier alpha value is -1.62. The van der Waals surface area contributed by atoms with E-state index in [0.717, 1.165) is 25.7 Å². The molecule has 2 fully saturated rings. The molecule has 0 N–H and O–H groups in total. The van der Waals surface area contributed by atoms with Crippen molar-refractivity contribution in [2.75, 3.05) is 53.4 Å². The molecule has 0 saturated carbocycles. The number of fused-ring (bicyclic) bond motifs is 1. The quantitative estimate of drug-likeness (QED) is 0.197. The molecule has 222 valence electrons. The largest absolute Gasteiger partial charge is 0.361 e. The van der Waals surface area contributed by atoms with Gasteiger partial charge in [-0.05, 0) is 49.4 Å². The van der Waals surface area contributed by atoms with Gasteiger partial charge in [0.05, 0.1) is 0 Å². The molecule has 0 unspecified atom stereocenters. The van der Waals surface area contributed by atoms with E-state index < -0.39 is 12.3 Å². The van der Waals surface area contributed by atoms with Gasteiger partial charge in [-0.2, -0.15) is 0 Å². The van der Waals surface area contributed by atoms with Crippen LogP contribution in [0, 0.1) is 23.7 Å². The predicted octanol–water partition coefficient (Wildman–Crippen LogP) is 5.19. The van der Waals surface area contributed by atoms with Crippen LogP contribution < -0.4 is 0 Å². The maximum Gasteiger partial charge on any atom is 0.327 e. The van der Waals surface area contributed by atoms with Crippen molar-refractivity contribution >= 4 is 12.1 Å². The minimum atomic E-state index is -0.546. The topological polar surface area (TPSA) is 84.0 Å². The van der Waals surface area contributed by atoms with Gasteiger partial charge in [-0.3, -0.25) is 19.6 Å². The number of ether oxygens (including phenoxy) is 4. The lowest BCUT2D eigenvalue weighted by atomic mass is 10.1. The van der Waals surface area contributed by atoms with Crippen molar-refractivity contribution < 1.29 is 28.5 Å². The van der Waals surface area contributed by atoms with E-state index in [9.17, 15) is 9.59 Å². The highest BCUT2D eigenvalue weighted by Gasteiger charge is 2.59. The summed E-state index contributed by atoms with van der Waals surface area (Å²) in [6, 6.07) is -0.415. The van der Waals surface area contributed by atoms with Gasteiger partial charge in [-0.15, -0.1) is 0 Å². The summed E-state index contributed by atoms with van der Waals surface area (Å²) in [5, 5.41) is 0. The summed E-state index contributed by atoms with van der Waals surface area (Å²) >= 11 is 0. The highest BCUT2D eigenvalue weighted by atomic mass is 16.5. The molecule has 0 aromatic carbocycles. The van der Waals surface area contributed by atoms with Crippen molar-refractivity contribution in [3.63, 3.8) is 0 Å². The molecule has 0 bridgehead atoms. The summed E-state index contributed by atoms with van der Waals surface area (Å²) in [5.74, 6) is 2.00. The molecule has 10 nitrogen and oxygen atoms in total. The molecule has 10 heteroatoms. The zero-order valence-corrected chi connectivity index (χ0v) is 25.2. The third kappa shape index (κ3) is 9.84. The number of hydrogen-bond acceptors (Lipinski definition) is 6. The predicted molar refractivity (Wildman–Crippen MR) is 147 cm³/mol. The third-order valence-corrected chi connectivity index (χ3v) is 6.81. The fourth-order valence-corrected chi connectivity index (χ4v) is 4.22. The molecule has 2 aliphatic rings. The molecule has 0 radical (unpaired) electrons. The van der Waals surface area contributed by atoms with Crippen LogP contribution in [0.3, 0.4) is 0 Å². The van der Waals surface area contributed by atoms with Crippen LogP contribution in [-0.2, 0) is 18.9 Å². The molecule has 0 atom stereocenters. The molecule has 2 aliphatic heterocycles. The van der Waals surface area contributed by atoms with Crippen molar-refractivity contribution in [2.24, 2.45) is 23.7 Å². The number of carbonyl (C=O) groups excluding carboxylic acids is 2. The molecule has 2 saturated heterocycles. The van der Waals surface area contributed by atoms with Crippen LogP contribution in [0.15, 0.2) is 0 Å². The van der Waals surface area contributed by atoms with E-state index in [0.29, 0.717) is 50.1 Å². The van der Waals surface area contributed by atoms with E-state index >= 15 is 0 Å². The first-order valence-electron chi connectivity index (χ1n) is 14.5. The van der Waals surface area contributed by atoms with Gasteiger partial charge in [-0.25, -0.2) is 9.59 Å². The molecule has 0 aromatic heterocycles. The first-order chi connectivity index (χ1) is 18.0. The SMILES string of the molecule is CC(C)CCOCN1C(=O)N(COCCC(C)C)C2C1N(COCCC(C)C)C(=O)N2COCCC(C)C. The number of carbonyl (C=O) groups is 2. The molecule has 0 aromatic rings. The monoisotopic (exact) mass is 542 g/mol. The van der Waals surface area contributed by atoms with Gasteiger partial charge in [0, 0.05) is 26.4 Å². The Morgan fingerprint density at radius 3 is 0.868 bits per heavy atom. The standard InChI is InChI=1S/C28H54N4O6/c1-21(2)9-13-35-17-29-25-26(31(27(29)33)19-37-15-11-23(5)6)32(20-38-16-12-24(7)8)28(34)30(25)18-36-14-10-22(3)4/h21-26H,9-20H2,1-8H3. The van der Waals surface area contributed by atoms with Crippen LogP contribution in [0.2, 0.25) is 0 Å². The Bertz CT molecular complexity index is 595. The second-order valence-electron chi connectivity index (χ2n) is 12.2. The summed E-state index contributed by atoms with van der Waals surface area (Å²) in [7, 11) is 0. The van der Waals surface area contributed by atoms with Gasteiger partial charge >= 0.3 is 12.1 Å². The van der Waals surface area contributed by atoms with Crippen molar-refractivity contribution in [3.8, 4) is 0 Å². The molecule has 0 spiro atoms. The zero-order chi connectivity index (χ0) is 28.2. The normalized spacial score (nSPS) is 20.0. The Kier molecular flexibility index (Phi) is 14.1. The van der Waals surface area contributed by atoms with Gasteiger partial charge in [0.2, 0.25) is 0 Å². The van der Waals surface area contributed by atoms with Crippen molar-refractivity contribution in [1.29, 1.82) is 0 Å². The maximum absolute atomic E-state index is 13.7. The summed E-state index contributed by atoms with van der Waals surface area (Å²) in [5.41, 5.74) is 0. The van der Waals surface area contributed by atoms with Crippen LogP contribution in [-0.4, -0.2) is 97.3 Å². The maximum atomic E-state index is 13.7. The molecular formula is C28H54N4O6. The summed E-state index contributed by atoms with van der Waals surface area (Å²) in [6.45, 7) is 19.7. The van der Waals surface area contributed by atoms with E-state index in [1.54, 1.807) is 19.6 Å². The van der Waals surface area contributed by atoms with Crippen LogP contribution in [0.25, 0.3) is 0 Å². The zero-order valence-electron chi connectivity index (χ0n) is 25.2. The Morgan fingerprint density at radius 2 is 0.684 bits per heavy atom. The van der Waals surface area contributed by atoms with Crippen LogP contribution in [0.1, 0.15) is 81.1 Å². The minimum Gasteiger partial charge on any atom is -0.361 e. The average Bonchev–Trinajstić information content (AvgIpc) is 3.24. The number of amides is 4.